The van der Waals surface area contributed by atoms with Crippen LogP contribution < -0.4 is 14.3 Å². The molecule has 0 amide bonds. The number of fused-ring (bicyclic) bond motifs is 4. The van der Waals surface area contributed by atoms with Gasteiger partial charge in [-0.2, -0.15) is 8.42 Å². The average Bonchev–Trinajstić information content (AvgIpc) is 3.31. The second-order valence-electron chi connectivity index (χ2n) is 9.70. The van der Waals surface area contributed by atoms with E-state index in [0.717, 1.165) is 54.9 Å². The first-order chi connectivity index (χ1) is 18.8. The van der Waals surface area contributed by atoms with Gasteiger partial charge in [-0.3, -0.25) is 9.78 Å². The molecular weight excluding hydrogens is 521 g/mol. The number of halogens is 1. The first-order valence-corrected chi connectivity index (χ1v) is 13.9. The minimum absolute atomic E-state index is 0.143. The van der Waals surface area contributed by atoms with Gasteiger partial charge in [-0.05, 0) is 43.2 Å². The Labute approximate surface area is 223 Å². The number of hydrogen-bond acceptors (Lipinski definition) is 6. The van der Waals surface area contributed by atoms with Crippen molar-refractivity contribution in [2.24, 2.45) is 0 Å². The summed E-state index contributed by atoms with van der Waals surface area (Å²) in [5.74, 6) is 2.75. The van der Waals surface area contributed by atoms with Crippen LogP contribution in [0.2, 0.25) is 0 Å². The maximum Gasteiger partial charge on any atom is 0.488 e. The van der Waals surface area contributed by atoms with E-state index in [9.17, 15) is 17.1 Å². The predicted molar refractivity (Wildman–Crippen MR) is 148 cm³/mol. The van der Waals surface area contributed by atoms with Crippen molar-refractivity contribution in [3.8, 4) is 35.0 Å². The first-order valence-electron chi connectivity index (χ1n) is 12.5. The van der Waals surface area contributed by atoms with Gasteiger partial charge in [-0.15, -0.1) is 6.42 Å². The zero-order chi connectivity index (χ0) is 27.3. The number of nitrogens with one attached hydrogen (secondary N) is 1. The number of aromatic nitrogens is 3. The highest BCUT2D eigenvalue weighted by Gasteiger charge is 2.25. The van der Waals surface area contributed by atoms with Crippen LogP contribution in [0.15, 0.2) is 53.6 Å². The van der Waals surface area contributed by atoms with Crippen molar-refractivity contribution in [2.75, 3.05) is 7.11 Å². The van der Waals surface area contributed by atoms with Gasteiger partial charge in [0.1, 0.15) is 11.4 Å². The van der Waals surface area contributed by atoms with Crippen LogP contribution in [0.4, 0.5) is 3.89 Å². The molecule has 0 atom stereocenters. The van der Waals surface area contributed by atoms with Crippen LogP contribution in [0.25, 0.3) is 44.0 Å². The van der Waals surface area contributed by atoms with Crippen LogP contribution in [0.5, 0.6) is 11.5 Å². The molecule has 0 saturated heterocycles. The Morgan fingerprint density at radius 3 is 2.62 bits per heavy atom. The van der Waals surface area contributed by atoms with Crippen molar-refractivity contribution in [3.63, 3.8) is 0 Å². The van der Waals surface area contributed by atoms with E-state index in [1.54, 1.807) is 6.07 Å². The lowest BCUT2D eigenvalue weighted by molar-refractivity contribution is 0.365. The van der Waals surface area contributed by atoms with Crippen LogP contribution in [-0.2, 0) is 10.5 Å². The summed E-state index contributed by atoms with van der Waals surface area (Å²) in [6.07, 6.45) is 13.4. The molecule has 3 aromatic heterocycles. The van der Waals surface area contributed by atoms with Crippen LogP contribution in [0, 0.1) is 12.3 Å². The number of pyridine rings is 2. The van der Waals surface area contributed by atoms with Crippen LogP contribution >= 0.6 is 0 Å². The number of ether oxygens (including phenoxy) is 1. The molecule has 3 heterocycles. The fourth-order valence-electron chi connectivity index (χ4n) is 5.73. The number of nitrogens with zero attached hydrogens (tertiary/aromatic N) is 2. The fourth-order valence-corrected chi connectivity index (χ4v) is 6.05. The van der Waals surface area contributed by atoms with E-state index in [2.05, 4.69) is 24.6 Å². The number of rotatable bonds is 5. The number of H-pyrrole nitrogens is 1. The third-order valence-electron chi connectivity index (χ3n) is 7.40. The summed E-state index contributed by atoms with van der Waals surface area (Å²) in [6.45, 7) is 0. The van der Waals surface area contributed by atoms with Gasteiger partial charge in [0.25, 0.3) is 0 Å². The molecule has 1 fully saturated rings. The summed E-state index contributed by atoms with van der Waals surface area (Å²) >= 11 is 0. The van der Waals surface area contributed by atoms with Gasteiger partial charge in [0.05, 0.1) is 29.6 Å². The number of aromatic amines is 1. The molecule has 1 aliphatic rings. The van der Waals surface area contributed by atoms with Crippen molar-refractivity contribution in [1.82, 2.24) is 14.5 Å². The van der Waals surface area contributed by atoms with E-state index in [1.165, 1.54) is 19.4 Å². The Morgan fingerprint density at radius 2 is 1.90 bits per heavy atom. The minimum Gasteiger partial charge on any atom is -0.496 e. The van der Waals surface area contributed by atoms with E-state index in [-0.39, 0.29) is 17.2 Å². The molecule has 39 heavy (non-hydrogen) atoms. The number of methoxy groups -OCH3 is 1. The Morgan fingerprint density at radius 1 is 1.10 bits per heavy atom. The highest BCUT2D eigenvalue weighted by atomic mass is 32.3. The van der Waals surface area contributed by atoms with Crippen molar-refractivity contribution < 1.29 is 21.2 Å². The molecule has 0 unspecified atom stereocenters. The van der Waals surface area contributed by atoms with Crippen molar-refractivity contribution in [2.45, 2.75) is 38.1 Å². The van der Waals surface area contributed by atoms with E-state index in [1.807, 2.05) is 24.3 Å². The third kappa shape index (κ3) is 4.38. The zero-order valence-corrected chi connectivity index (χ0v) is 21.8. The minimum atomic E-state index is -5.23. The molecule has 10 heteroatoms. The quantitative estimate of drug-likeness (QED) is 0.222. The largest absolute Gasteiger partial charge is 0.496 e. The van der Waals surface area contributed by atoms with Crippen LogP contribution in [0.3, 0.4) is 0 Å². The molecule has 0 radical (unpaired) electrons. The van der Waals surface area contributed by atoms with Gasteiger partial charge in [-0.25, -0.2) is 0 Å². The molecule has 2 aromatic carbocycles. The molecule has 8 nitrogen and oxygen atoms in total. The average molecular weight is 546 g/mol. The van der Waals surface area contributed by atoms with Gasteiger partial charge < -0.3 is 18.5 Å². The summed E-state index contributed by atoms with van der Waals surface area (Å²) in [5.41, 5.74) is 3.76. The lowest BCUT2D eigenvalue weighted by atomic mass is 9.94. The van der Waals surface area contributed by atoms with Gasteiger partial charge in [0.2, 0.25) is 0 Å². The van der Waals surface area contributed by atoms with Gasteiger partial charge >= 0.3 is 10.5 Å². The molecule has 0 spiro atoms. The predicted octanol–water partition coefficient (Wildman–Crippen LogP) is 5.79. The Kier molecular flexibility index (Phi) is 6.03. The lowest BCUT2D eigenvalue weighted by Gasteiger charge is -2.27. The normalized spacial score (nSPS) is 14.6. The number of hydrogen-bond donors (Lipinski definition) is 1. The van der Waals surface area contributed by atoms with Gasteiger partial charge in [0, 0.05) is 39.8 Å². The molecule has 1 N–H and O–H groups in total. The van der Waals surface area contributed by atoms with E-state index in [0.29, 0.717) is 38.7 Å². The molecule has 0 bridgehead atoms. The maximum atomic E-state index is 14.0. The Hall–Kier alpha value is -4.36. The highest BCUT2D eigenvalue weighted by Crippen LogP contribution is 2.40. The Balaban J connectivity index is 1.69. The SMILES string of the molecule is C#Cc1ccc2c(c1)[nH]c1c2c(=O)c2cc(OC)c(-c3cncc(OS(=O)(=O)F)c3)cc2n1C1CCCCC1. The topological polar surface area (TPSA) is 103 Å². The van der Waals surface area contributed by atoms with Crippen LogP contribution in [-0.4, -0.2) is 30.1 Å². The summed E-state index contributed by atoms with van der Waals surface area (Å²) in [6, 6.07) is 10.6. The van der Waals surface area contributed by atoms with E-state index in [4.69, 9.17) is 11.2 Å². The lowest BCUT2D eigenvalue weighted by Crippen LogP contribution is -2.18. The molecule has 5 aromatic rings. The molecule has 0 aliphatic heterocycles. The molecule has 1 aliphatic carbocycles. The van der Waals surface area contributed by atoms with Gasteiger partial charge in [0.15, 0.2) is 11.2 Å². The number of benzene rings is 2. The van der Waals surface area contributed by atoms with Crippen molar-refractivity contribution >= 4 is 43.3 Å². The summed E-state index contributed by atoms with van der Waals surface area (Å²) in [5, 5.41) is 1.87. The standard InChI is InChI=1S/C29H24FN3O5S/c1-3-17-9-10-21-24(11-17)32-29-27(21)28(34)23-14-26(37-2)22(13-25(23)33(29)19-7-5-4-6-8-19)18-12-20(16-31-15-18)38-39(30,35)36/h1,9-16,19,32H,4-8H2,2H3. The van der Waals surface area contributed by atoms with E-state index >= 15 is 0 Å². The summed E-state index contributed by atoms with van der Waals surface area (Å²) in [4.78, 5) is 21.5. The van der Waals surface area contributed by atoms with Gasteiger partial charge in [-0.1, -0.05) is 35.1 Å². The van der Waals surface area contributed by atoms with Crippen molar-refractivity contribution in [1.29, 1.82) is 0 Å². The monoisotopic (exact) mass is 545 g/mol. The summed E-state index contributed by atoms with van der Waals surface area (Å²) < 4.78 is 47.6. The third-order valence-corrected chi connectivity index (χ3v) is 7.79. The molecular formula is C29H24FN3O5S. The summed E-state index contributed by atoms with van der Waals surface area (Å²) in [7, 11) is -3.75. The first kappa shape index (κ1) is 24.9. The second-order valence-corrected chi connectivity index (χ2v) is 10.7. The maximum absolute atomic E-state index is 14.0. The van der Waals surface area contributed by atoms with Crippen LogP contribution in [0.1, 0.15) is 43.7 Å². The molecule has 198 valence electrons. The van der Waals surface area contributed by atoms with Crippen molar-refractivity contribution in [3.05, 3.63) is 64.6 Å². The number of terminal acetylenes is 1. The second kappa shape index (κ2) is 9.43. The van der Waals surface area contributed by atoms with E-state index < -0.39 is 10.5 Å². The molecule has 6 rings (SSSR count). The fraction of sp³-hybridized carbons (Fsp3) is 0.241. The zero-order valence-electron chi connectivity index (χ0n) is 21.0. The smallest absolute Gasteiger partial charge is 0.488 e. The Bertz CT molecular complexity index is 1980. The molecule has 1 saturated carbocycles. The highest BCUT2D eigenvalue weighted by molar-refractivity contribution is 7.81.